The lowest BCUT2D eigenvalue weighted by atomic mass is 10.2. The summed E-state index contributed by atoms with van der Waals surface area (Å²) in [5.74, 6) is 0.0419. The maximum atomic E-state index is 10.8. The number of nitrogens with zero attached hydrogens (tertiary/aromatic N) is 1. The maximum absolute atomic E-state index is 10.8. The number of aliphatic carboxylic acids is 1. The molecule has 1 N–H and O–H groups in total. The second-order valence-corrected chi connectivity index (χ2v) is 5.49. The van der Waals surface area contributed by atoms with Gasteiger partial charge in [-0.1, -0.05) is 22.0 Å². The molecule has 2 fully saturated rings. The number of fused-ring (bicyclic) bond motifs is 1. The zero-order valence-electron chi connectivity index (χ0n) is 8.64. The normalized spacial score (nSPS) is 31.3. The first-order valence-corrected chi connectivity index (χ1v) is 6.19. The Morgan fingerprint density at radius 3 is 2.62 bits per heavy atom. The molecule has 1 saturated carbocycles. The molecule has 16 heavy (non-hydrogen) atoms. The van der Waals surface area contributed by atoms with Crippen LogP contribution in [0.15, 0.2) is 28.7 Å². The fraction of sp³-hybridized carbons (Fsp3) is 0.417. The van der Waals surface area contributed by atoms with Crippen LogP contribution in [-0.4, -0.2) is 24.2 Å². The lowest BCUT2D eigenvalue weighted by molar-refractivity contribution is -0.139. The molecule has 3 nitrogen and oxygen atoms in total. The van der Waals surface area contributed by atoms with Crippen molar-refractivity contribution in [2.45, 2.75) is 0 Å². The monoisotopic (exact) mass is 281 g/mol. The van der Waals surface area contributed by atoms with Gasteiger partial charge in [0.25, 0.3) is 0 Å². The van der Waals surface area contributed by atoms with Crippen molar-refractivity contribution in [1.82, 2.24) is 0 Å². The highest BCUT2D eigenvalue weighted by molar-refractivity contribution is 9.10. The van der Waals surface area contributed by atoms with Gasteiger partial charge in [0, 0.05) is 23.2 Å². The zero-order chi connectivity index (χ0) is 11.3. The molecule has 1 aliphatic heterocycles. The Morgan fingerprint density at radius 2 is 2.06 bits per heavy atom. The van der Waals surface area contributed by atoms with Crippen LogP contribution in [0.1, 0.15) is 0 Å². The number of carbonyl (C=O) groups is 1. The third kappa shape index (κ3) is 1.52. The summed E-state index contributed by atoms with van der Waals surface area (Å²) in [6, 6.07) is 8.17. The standard InChI is InChI=1S/C12H12BrNO2/c13-7-2-1-3-8(4-7)14-5-9-10(6-14)11(9)12(15)16/h1-4,9-11H,5-6H2,(H,15,16). The average Bonchev–Trinajstić information content (AvgIpc) is 2.75. The average molecular weight is 282 g/mol. The van der Waals surface area contributed by atoms with E-state index in [-0.39, 0.29) is 5.92 Å². The molecule has 3 rings (SSSR count). The summed E-state index contributed by atoms with van der Waals surface area (Å²) >= 11 is 3.45. The van der Waals surface area contributed by atoms with Crippen LogP contribution in [0.4, 0.5) is 5.69 Å². The van der Waals surface area contributed by atoms with E-state index in [1.807, 2.05) is 12.1 Å². The molecular formula is C12H12BrNO2. The van der Waals surface area contributed by atoms with Gasteiger partial charge in [-0.2, -0.15) is 0 Å². The largest absolute Gasteiger partial charge is 0.481 e. The first-order chi connectivity index (χ1) is 7.66. The van der Waals surface area contributed by atoms with Gasteiger partial charge >= 0.3 is 5.97 Å². The minimum Gasteiger partial charge on any atom is -0.481 e. The van der Waals surface area contributed by atoms with Crippen LogP contribution in [0.2, 0.25) is 0 Å². The number of hydrogen-bond donors (Lipinski definition) is 1. The van der Waals surface area contributed by atoms with Crippen LogP contribution in [0.5, 0.6) is 0 Å². The Hall–Kier alpha value is -1.03. The fourth-order valence-electron chi connectivity index (χ4n) is 2.78. The third-order valence-electron chi connectivity index (χ3n) is 3.65. The molecule has 0 bridgehead atoms. The second-order valence-electron chi connectivity index (χ2n) is 4.58. The smallest absolute Gasteiger partial charge is 0.307 e. The van der Waals surface area contributed by atoms with Crippen molar-refractivity contribution in [3.05, 3.63) is 28.7 Å². The van der Waals surface area contributed by atoms with E-state index in [1.54, 1.807) is 0 Å². The van der Waals surface area contributed by atoms with Gasteiger partial charge in [-0.05, 0) is 30.0 Å². The van der Waals surface area contributed by atoms with Gasteiger partial charge in [-0.3, -0.25) is 4.79 Å². The fourth-order valence-corrected chi connectivity index (χ4v) is 3.16. The van der Waals surface area contributed by atoms with E-state index in [1.165, 1.54) is 5.69 Å². The molecule has 0 spiro atoms. The number of piperidine rings is 1. The minimum absolute atomic E-state index is 0.0802. The summed E-state index contributed by atoms with van der Waals surface area (Å²) in [4.78, 5) is 13.1. The van der Waals surface area contributed by atoms with Crippen LogP contribution in [-0.2, 0) is 4.79 Å². The third-order valence-corrected chi connectivity index (χ3v) is 4.15. The van der Waals surface area contributed by atoms with Crippen molar-refractivity contribution in [3.63, 3.8) is 0 Å². The lowest BCUT2D eigenvalue weighted by Gasteiger charge is -2.21. The van der Waals surface area contributed by atoms with Gasteiger partial charge in [0.05, 0.1) is 5.92 Å². The number of rotatable bonds is 2. The van der Waals surface area contributed by atoms with Gasteiger partial charge in [0.2, 0.25) is 0 Å². The summed E-state index contributed by atoms with van der Waals surface area (Å²) < 4.78 is 1.07. The van der Waals surface area contributed by atoms with E-state index in [4.69, 9.17) is 5.11 Å². The van der Waals surface area contributed by atoms with Crippen molar-refractivity contribution in [3.8, 4) is 0 Å². The second kappa shape index (κ2) is 3.48. The van der Waals surface area contributed by atoms with Gasteiger partial charge < -0.3 is 10.0 Å². The molecule has 2 atom stereocenters. The SMILES string of the molecule is O=C(O)C1C2CN(c3cccc(Br)c3)CC21. The summed E-state index contributed by atoms with van der Waals surface area (Å²) in [6.07, 6.45) is 0. The number of halogens is 1. The molecule has 4 heteroatoms. The molecule has 1 aromatic rings. The van der Waals surface area contributed by atoms with E-state index in [0.717, 1.165) is 17.6 Å². The van der Waals surface area contributed by atoms with E-state index in [9.17, 15) is 4.79 Å². The molecule has 0 radical (unpaired) electrons. The van der Waals surface area contributed by atoms with E-state index in [2.05, 4.69) is 33.0 Å². The predicted octanol–water partition coefficient (Wildman–Crippen LogP) is 2.22. The Kier molecular flexibility index (Phi) is 2.21. The summed E-state index contributed by atoms with van der Waals surface area (Å²) in [7, 11) is 0. The van der Waals surface area contributed by atoms with Crippen LogP contribution in [0.3, 0.4) is 0 Å². The molecule has 2 unspecified atom stereocenters. The number of carboxylic acid groups (broad SMARTS) is 1. The summed E-state index contributed by atoms with van der Waals surface area (Å²) in [5, 5.41) is 8.93. The van der Waals surface area contributed by atoms with Crippen molar-refractivity contribution < 1.29 is 9.90 Å². The Morgan fingerprint density at radius 1 is 1.38 bits per heavy atom. The topological polar surface area (TPSA) is 40.5 Å². The van der Waals surface area contributed by atoms with Crippen LogP contribution in [0, 0.1) is 17.8 Å². The van der Waals surface area contributed by atoms with Gasteiger partial charge in [0.1, 0.15) is 0 Å². The minimum atomic E-state index is -0.621. The molecule has 1 heterocycles. The van der Waals surface area contributed by atoms with Crippen molar-refractivity contribution in [2.75, 3.05) is 18.0 Å². The highest BCUT2D eigenvalue weighted by Crippen LogP contribution is 2.52. The van der Waals surface area contributed by atoms with E-state index < -0.39 is 5.97 Å². The van der Waals surface area contributed by atoms with Gasteiger partial charge in [0.15, 0.2) is 0 Å². The van der Waals surface area contributed by atoms with Crippen LogP contribution in [0.25, 0.3) is 0 Å². The van der Waals surface area contributed by atoms with Gasteiger partial charge in [-0.25, -0.2) is 0 Å². The first kappa shape index (κ1) is 10.1. The van der Waals surface area contributed by atoms with E-state index >= 15 is 0 Å². The Bertz CT molecular complexity index is 436. The first-order valence-electron chi connectivity index (χ1n) is 5.40. The number of hydrogen-bond acceptors (Lipinski definition) is 2. The number of anilines is 1. The lowest BCUT2D eigenvalue weighted by Crippen LogP contribution is -2.25. The Labute approximate surface area is 102 Å². The molecule has 1 aliphatic carbocycles. The predicted molar refractivity (Wildman–Crippen MR) is 64.5 cm³/mol. The number of benzene rings is 1. The van der Waals surface area contributed by atoms with Crippen LogP contribution >= 0.6 is 15.9 Å². The maximum Gasteiger partial charge on any atom is 0.307 e. The molecule has 84 valence electrons. The van der Waals surface area contributed by atoms with Crippen molar-refractivity contribution >= 4 is 27.6 Å². The quantitative estimate of drug-likeness (QED) is 0.904. The molecule has 0 aromatic heterocycles. The number of carboxylic acids is 1. The molecule has 1 saturated heterocycles. The molecule has 1 aromatic carbocycles. The zero-order valence-corrected chi connectivity index (χ0v) is 10.2. The van der Waals surface area contributed by atoms with Crippen LogP contribution < -0.4 is 4.90 Å². The summed E-state index contributed by atoms with van der Waals surface area (Å²) in [5.41, 5.74) is 1.19. The highest BCUT2D eigenvalue weighted by atomic mass is 79.9. The molecule has 2 aliphatic rings. The van der Waals surface area contributed by atoms with Crippen molar-refractivity contribution in [2.24, 2.45) is 17.8 Å². The summed E-state index contributed by atoms with van der Waals surface area (Å²) in [6.45, 7) is 1.77. The Balaban J connectivity index is 1.72. The van der Waals surface area contributed by atoms with Crippen molar-refractivity contribution in [1.29, 1.82) is 0 Å². The molecular weight excluding hydrogens is 270 g/mol. The highest BCUT2D eigenvalue weighted by Gasteiger charge is 2.59. The molecule has 0 amide bonds. The van der Waals surface area contributed by atoms with Gasteiger partial charge in [-0.15, -0.1) is 0 Å². The van der Waals surface area contributed by atoms with E-state index in [0.29, 0.717) is 11.8 Å².